The van der Waals surface area contributed by atoms with E-state index in [4.69, 9.17) is 14.6 Å². The number of nitrogens with zero attached hydrogens (tertiary/aromatic N) is 1. The van der Waals surface area contributed by atoms with Crippen LogP contribution in [-0.4, -0.2) is 49.5 Å². The molecule has 0 radical (unpaired) electrons. The van der Waals surface area contributed by atoms with E-state index >= 15 is 0 Å². The molecule has 1 aromatic rings. The summed E-state index contributed by atoms with van der Waals surface area (Å²) >= 11 is 0. The summed E-state index contributed by atoms with van der Waals surface area (Å²) < 4.78 is 11.3. The van der Waals surface area contributed by atoms with Crippen LogP contribution in [0.25, 0.3) is 0 Å². The fourth-order valence-corrected chi connectivity index (χ4v) is 2.54. The highest BCUT2D eigenvalue weighted by atomic mass is 16.5. The van der Waals surface area contributed by atoms with Crippen molar-refractivity contribution in [2.75, 3.05) is 39.5 Å². The molecule has 0 aromatic heterocycles. The SMILES string of the molecule is CCCOc1ccc(OCCN2CCC(CO)CC2)cc1. The van der Waals surface area contributed by atoms with Gasteiger partial charge in [0.2, 0.25) is 0 Å². The van der Waals surface area contributed by atoms with E-state index in [-0.39, 0.29) is 0 Å². The van der Waals surface area contributed by atoms with Crippen molar-refractivity contribution >= 4 is 0 Å². The normalized spacial score (nSPS) is 16.9. The van der Waals surface area contributed by atoms with Crippen LogP contribution in [0, 0.1) is 5.92 Å². The number of hydrogen-bond acceptors (Lipinski definition) is 4. The van der Waals surface area contributed by atoms with Gasteiger partial charge in [-0.15, -0.1) is 0 Å². The maximum Gasteiger partial charge on any atom is 0.119 e. The fraction of sp³-hybridized carbons (Fsp3) is 0.647. The zero-order valence-electron chi connectivity index (χ0n) is 13.0. The largest absolute Gasteiger partial charge is 0.494 e. The Kier molecular flexibility index (Phi) is 6.83. The van der Waals surface area contributed by atoms with E-state index in [1.807, 2.05) is 24.3 Å². The standard InChI is InChI=1S/C17H27NO3/c1-2-12-20-16-3-5-17(6-4-16)21-13-11-18-9-7-15(14-19)8-10-18/h3-6,15,19H,2,7-14H2,1H3. The van der Waals surface area contributed by atoms with Gasteiger partial charge in [0.05, 0.1) is 6.61 Å². The summed E-state index contributed by atoms with van der Waals surface area (Å²) in [6.07, 6.45) is 3.21. The van der Waals surface area contributed by atoms with Gasteiger partial charge in [-0.05, 0) is 62.5 Å². The van der Waals surface area contributed by atoms with Crippen molar-refractivity contribution in [1.82, 2.24) is 4.90 Å². The molecule has 2 rings (SSSR count). The number of piperidine rings is 1. The number of hydrogen-bond donors (Lipinski definition) is 1. The Morgan fingerprint density at radius 1 is 1.05 bits per heavy atom. The highest BCUT2D eigenvalue weighted by Crippen LogP contribution is 2.18. The molecule has 1 fully saturated rings. The van der Waals surface area contributed by atoms with Crippen molar-refractivity contribution in [2.24, 2.45) is 5.92 Å². The first-order chi connectivity index (χ1) is 10.3. The predicted octanol–water partition coefficient (Wildman–Crippen LogP) is 2.56. The van der Waals surface area contributed by atoms with Crippen molar-refractivity contribution in [3.05, 3.63) is 24.3 Å². The molecule has 1 N–H and O–H groups in total. The first-order valence-electron chi connectivity index (χ1n) is 8.00. The van der Waals surface area contributed by atoms with E-state index in [1.54, 1.807) is 0 Å². The predicted molar refractivity (Wildman–Crippen MR) is 84.0 cm³/mol. The molecule has 118 valence electrons. The Labute approximate surface area is 127 Å². The van der Waals surface area contributed by atoms with Crippen LogP contribution in [0.1, 0.15) is 26.2 Å². The van der Waals surface area contributed by atoms with Gasteiger partial charge in [-0.25, -0.2) is 0 Å². The quantitative estimate of drug-likeness (QED) is 0.800. The minimum atomic E-state index is 0.330. The van der Waals surface area contributed by atoms with Crippen LogP contribution in [0.4, 0.5) is 0 Å². The summed E-state index contributed by atoms with van der Waals surface area (Å²) in [5, 5.41) is 9.12. The molecule has 1 heterocycles. The maximum atomic E-state index is 9.12. The fourth-order valence-electron chi connectivity index (χ4n) is 2.54. The molecule has 0 unspecified atom stereocenters. The van der Waals surface area contributed by atoms with Gasteiger partial charge in [-0.1, -0.05) is 6.92 Å². The van der Waals surface area contributed by atoms with E-state index in [0.717, 1.165) is 57.0 Å². The van der Waals surface area contributed by atoms with Gasteiger partial charge in [0.1, 0.15) is 18.1 Å². The third-order valence-corrected chi connectivity index (χ3v) is 3.94. The van der Waals surface area contributed by atoms with Gasteiger partial charge < -0.3 is 14.6 Å². The van der Waals surface area contributed by atoms with Crippen LogP contribution in [-0.2, 0) is 0 Å². The van der Waals surface area contributed by atoms with Crippen LogP contribution in [0.3, 0.4) is 0 Å². The average molecular weight is 293 g/mol. The highest BCUT2D eigenvalue weighted by molar-refractivity contribution is 5.31. The Morgan fingerprint density at radius 3 is 2.14 bits per heavy atom. The lowest BCUT2D eigenvalue weighted by molar-refractivity contribution is 0.118. The molecule has 1 aliphatic heterocycles. The molecule has 21 heavy (non-hydrogen) atoms. The van der Waals surface area contributed by atoms with Gasteiger partial charge in [0.15, 0.2) is 0 Å². The van der Waals surface area contributed by atoms with Crippen molar-refractivity contribution in [1.29, 1.82) is 0 Å². The first-order valence-corrected chi connectivity index (χ1v) is 8.00. The van der Waals surface area contributed by atoms with E-state index in [1.165, 1.54) is 0 Å². The third-order valence-electron chi connectivity index (χ3n) is 3.94. The molecule has 4 heteroatoms. The van der Waals surface area contributed by atoms with Crippen LogP contribution in [0.2, 0.25) is 0 Å². The van der Waals surface area contributed by atoms with Crippen LogP contribution in [0.5, 0.6) is 11.5 Å². The van der Waals surface area contributed by atoms with Crippen LogP contribution < -0.4 is 9.47 Å². The van der Waals surface area contributed by atoms with Crippen molar-refractivity contribution < 1.29 is 14.6 Å². The Morgan fingerprint density at radius 2 is 1.62 bits per heavy atom. The molecule has 1 aliphatic rings. The zero-order chi connectivity index (χ0) is 14.9. The van der Waals surface area contributed by atoms with Gasteiger partial charge in [-0.2, -0.15) is 0 Å². The summed E-state index contributed by atoms with van der Waals surface area (Å²) in [5.41, 5.74) is 0. The number of likely N-dealkylation sites (tertiary alicyclic amines) is 1. The minimum Gasteiger partial charge on any atom is -0.494 e. The van der Waals surface area contributed by atoms with Crippen molar-refractivity contribution in [2.45, 2.75) is 26.2 Å². The number of aliphatic hydroxyl groups excluding tert-OH is 1. The molecule has 0 aliphatic carbocycles. The summed E-state index contributed by atoms with van der Waals surface area (Å²) in [4.78, 5) is 2.41. The molecule has 0 amide bonds. The Bertz CT molecular complexity index is 386. The molecule has 0 atom stereocenters. The maximum absolute atomic E-state index is 9.12. The molecular formula is C17H27NO3. The molecule has 0 saturated carbocycles. The Balaban J connectivity index is 1.64. The highest BCUT2D eigenvalue weighted by Gasteiger charge is 2.17. The monoisotopic (exact) mass is 293 g/mol. The first kappa shape index (κ1) is 16.1. The zero-order valence-corrected chi connectivity index (χ0v) is 13.0. The van der Waals surface area contributed by atoms with Crippen molar-refractivity contribution in [3.8, 4) is 11.5 Å². The van der Waals surface area contributed by atoms with E-state index in [9.17, 15) is 0 Å². The second-order valence-corrected chi connectivity index (χ2v) is 5.64. The van der Waals surface area contributed by atoms with E-state index in [0.29, 0.717) is 19.1 Å². The lowest BCUT2D eigenvalue weighted by atomic mass is 9.98. The topological polar surface area (TPSA) is 41.9 Å². The number of rotatable bonds is 8. The van der Waals surface area contributed by atoms with Crippen LogP contribution >= 0.6 is 0 Å². The second kappa shape index (κ2) is 8.90. The van der Waals surface area contributed by atoms with Gasteiger partial charge >= 0.3 is 0 Å². The number of benzene rings is 1. The molecular weight excluding hydrogens is 266 g/mol. The summed E-state index contributed by atoms with van der Waals surface area (Å²) in [6.45, 7) is 6.98. The average Bonchev–Trinajstić information content (AvgIpc) is 2.55. The molecule has 0 spiro atoms. The second-order valence-electron chi connectivity index (χ2n) is 5.64. The molecule has 4 nitrogen and oxygen atoms in total. The lowest BCUT2D eigenvalue weighted by Gasteiger charge is -2.30. The summed E-state index contributed by atoms with van der Waals surface area (Å²) in [5.74, 6) is 2.29. The van der Waals surface area contributed by atoms with E-state index < -0.39 is 0 Å². The van der Waals surface area contributed by atoms with Gasteiger partial charge in [0.25, 0.3) is 0 Å². The van der Waals surface area contributed by atoms with Crippen molar-refractivity contribution in [3.63, 3.8) is 0 Å². The molecule has 0 bridgehead atoms. The third kappa shape index (κ3) is 5.56. The lowest BCUT2D eigenvalue weighted by Crippen LogP contribution is -2.37. The summed E-state index contributed by atoms with van der Waals surface area (Å²) in [6, 6.07) is 7.83. The summed E-state index contributed by atoms with van der Waals surface area (Å²) in [7, 11) is 0. The van der Waals surface area contributed by atoms with E-state index in [2.05, 4.69) is 11.8 Å². The molecule has 1 aromatic carbocycles. The Hall–Kier alpha value is -1.26. The van der Waals surface area contributed by atoms with Gasteiger partial charge in [-0.3, -0.25) is 4.90 Å². The van der Waals surface area contributed by atoms with Gasteiger partial charge in [0, 0.05) is 13.2 Å². The van der Waals surface area contributed by atoms with Crippen LogP contribution in [0.15, 0.2) is 24.3 Å². The number of ether oxygens (including phenoxy) is 2. The minimum absolute atomic E-state index is 0.330. The molecule has 1 saturated heterocycles. The number of aliphatic hydroxyl groups is 1. The smallest absolute Gasteiger partial charge is 0.119 e.